The highest BCUT2D eigenvalue weighted by Crippen LogP contribution is 2.18. The Bertz CT molecular complexity index is 281. The number of thioether (sulfide) groups is 1. The highest BCUT2D eigenvalue weighted by atomic mass is 32.2. The SMILES string of the molecule is CC(Sc1ncnn1C)C(=N)N. The number of nitrogens with two attached hydrogens (primary N) is 1. The summed E-state index contributed by atoms with van der Waals surface area (Å²) in [4.78, 5) is 4.00. The van der Waals surface area contributed by atoms with Gasteiger partial charge in [-0.25, -0.2) is 9.67 Å². The Hall–Kier alpha value is -1.04. The summed E-state index contributed by atoms with van der Waals surface area (Å²) in [7, 11) is 1.81. The number of nitrogens with one attached hydrogen (secondary N) is 1. The zero-order valence-corrected chi connectivity index (χ0v) is 7.80. The van der Waals surface area contributed by atoms with Gasteiger partial charge in [0.15, 0.2) is 5.16 Å². The standard InChI is InChI=1S/C6H11N5S/c1-4(5(7)8)12-6-9-3-10-11(6)2/h3-4H,1-2H3,(H3,7,8). The monoisotopic (exact) mass is 185 g/mol. The van der Waals surface area contributed by atoms with E-state index in [0.717, 1.165) is 5.16 Å². The smallest absolute Gasteiger partial charge is 0.186 e. The molecule has 1 atom stereocenters. The van der Waals surface area contributed by atoms with E-state index in [1.165, 1.54) is 18.1 Å². The molecule has 1 aromatic rings. The average molecular weight is 185 g/mol. The maximum atomic E-state index is 7.17. The van der Waals surface area contributed by atoms with Gasteiger partial charge in [-0.1, -0.05) is 11.8 Å². The van der Waals surface area contributed by atoms with Gasteiger partial charge in [0.05, 0.1) is 5.25 Å². The van der Waals surface area contributed by atoms with Crippen molar-refractivity contribution in [3.63, 3.8) is 0 Å². The van der Waals surface area contributed by atoms with Crippen LogP contribution >= 0.6 is 11.8 Å². The number of amidine groups is 1. The predicted molar refractivity (Wildman–Crippen MR) is 48.2 cm³/mol. The van der Waals surface area contributed by atoms with Crippen LogP contribution < -0.4 is 5.73 Å². The van der Waals surface area contributed by atoms with E-state index in [-0.39, 0.29) is 11.1 Å². The first-order valence-corrected chi connectivity index (χ1v) is 4.34. The Morgan fingerprint density at radius 2 is 2.50 bits per heavy atom. The molecule has 0 aromatic carbocycles. The fourth-order valence-electron chi connectivity index (χ4n) is 0.614. The number of aromatic nitrogens is 3. The van der Waals surface area contributed by atoms with Crippen molar-refractivity contribution in [2.75, 3.05) is 0 Å². The fourth-order valence-corrected chi connectivity index (χ4v) is 1.36. The van der Waals surface area contributed by atoms with E-state index in [1.807, 2.05) is 14.0 Å². The van der Waals surface area contributed by atoms with Crippen molar-refractivity contribution in [2.45, 2.75) is 17.3 Å². The van der Waals surface area contributed by atoms with Crippen LogP contribution in [0.3, 0.4) is 0 Å². The average Bonchev–Trinajstić information content (AvgIpc) is 2.36. The number of hydrogen-bond acceptors (Lipinski definition) is 4. The Morgan fingerprint density at radius 1 is 1.83 bits per heavy atom. The molecule has 0 fully saturated rings. The first kappa shape index (κ1) is 9.05. The molecule has 3 N–H and O–H groups in total. The van der Waals surface area contributed by atoms with Gasteiger partial charge in [-0.15, -0.1) is 0 Å². The van der Waals surface area contributed by atoms with Crippen LogP contribution in [0.15, 0.2) is 11.5 Å². The van der Waals surface area contributed by atoms with Crippen molar-refractivity contribution in [3.05, 3.63) is 6.33 Å². The molecule has 5 nitrogen and oxygen atoms in total. The Labute approximate surface area is 74.9 Å². The third-order valence-corrected chi connectivity index (χ3v) is 2.58. The van der Waals surface area contributed by atoms with Gasteiger partial charge in [0.2, 0.25) is 0 Å². The molecule has 0 saturated carbocycles. The maximum absolute atomic E-state index is 7.17. The zero-order chi connectivity index (χ0) is 9.14. The Kier molecular flexibility index (Phi) is 2.69. The Morgan fingerprint density at radius 3 is 2.92 bits per heavy atom. The minimum Gasteiger partial charge on any atom is -0.387 e. The molecule has 0 amide bonds. The lowest BCUT2D eigenvalue weighted by molar-refractivity contribution is 0.684. The molecular weight excluding hydrogens is 174 g/mol. The lowest BCUT2D eigenvalue weighted by atomic mass is 10.4. The van der Waals surface area contributed by atoms with Crippen LogP contribution in [0.1, 0.15) is 6.92 Å². The zero-order valence-electron chi connectivity index (χ0n) is 6.98. The molecule has 0 aliphatic carbocycles. The summed E-state index contributed by atoms with van der Waals surface area (Å²) < 4.78 is 1.66. The molecule has 0 bridgehead atoms. The molecule has 6 heteroatoms. The molecule has 12 heavy (non-hydrogen) atoms. The van der Waals surface area contributed by atoms with Crippen molar-refractivity contribution >= 4 is 17.6 Å². The molecule has 1 heterocycles. The van der Waals surface area contributed by atoms with Crippen LogP contribution in [0.5, 0.6) is 0 Å². The predicted octanol–water partition coefficient (Wildman–Crippen LogP) is 0.232. The van der Waals surface area contributed by atoms with Crippen LogP contribution in [-0.2, 0) is 7.05 Å². The summed E-state index contributed by atoms with van der Waals surface area (Å²) in [5, 5.41) is 11.8. The summed E-state index contributed by atoms with van der Waals surface area (Å²) >= 11 is 1.42. The largest absolute Gasteiger partial charge is 0.387 e. The number of nitrogens with zero attached hydrogens (tertiary/aromatic N) is 3. The van der Waals surface area contributed by atoms with Crippen LogP contribution in [0.4, 0.5) is 0 Å². The lowest BCUT2D eigenvalue weighted by Crippen LogP contribution is -2.22. The second-order valence-electron chi connectivity index (χ2n) is 2.38. The van der Waals surface area contributed by atoms with Crippen LogP contribution in [0.2, 0.25) is 0 Å². The van der Waals surface area contributed by atoms with Gasteiger partial charge >= 0.3 is 0 Å². The van der Waals surface area contributed by atoms with Gasteiger partial charge < -0.3 is 5.73 Å². The summed E-state index contributed by atoms with van der Waals surface area (Å²) in [6, 6.07) is 0. The number of hydrogen-bond donors (Lipinski definition) is 2. The van der Waals surface area contributed by atoms with E-state index < -0.39 is 0 Å². The van der Waals surface area contributed by atoms with Gasteiger partial charge in [-0.05, 0) is 6.92 Å². The summed E-state index contributed by atoms with van der Waals surface area (Å²) in [5.41, 5.74) is 5.31. The first-order valence-electron chi connectivity index (χ1n) is 3.46. The summed E-state index contributed by atoms with van der Waals surface area (Å²) in [5.74, 6) is 0.156. The van der Waals surface area contributed by atoms with E-state index in [9.17, 15) is 0 Å². The Balaban J connectivity index is 2.64. The van der Waals surface area contributed by atoms with E-state index >= 15 is 0 Å². The maximum Gasteiger partial charge on any atom is 0.186 e. The fraction of sp³-hybridized carbons (Fsp3) is 0.500. The van der Waals surface area contributed by atoms with Gasteiger partial charge in [-0.2, -0.15) is 5.10 Å². The molecular formula is C6H11N5S. The van der Waals surface area contributed by atoms with Gasteiger partial charge in [0, 0.05) is 7.05 Å². The van der Waals surface area contributed by atoms with Crippen molar-refractivity contribution in [3.8, 4) is 0 Å². The molecule has 1 aromatic heterocycles. The summed E-state index contributed by atoms with van der Waals surface area (Å²) in [6.45, 7) is 1.86. The minimum atomic E-state index is -0.0482. The van der Waals surface area contributed by atoms with Crippen molar-refractivity contribution in [1.29, 1.82) is 5.41 Å². The second kappa shape index (κ2) is 3.57. The van der Waals surface area contributed by atoms with Gasteiger partial charge in [0.1, 0.15) is 12.2 Å². The van der Waals surface area contributed by atoms with Crippen LogP contribution in [0, 0.1) is 5.41 Å². The molecule has 1 unspecified atom stereocenters. The van der Waals surface area contributed by atoms with E-state index in [2.05, 4.69) is 10.1 Å². The lowest BCUT2D eigenvalue weighted by Gasteiger charge is -2.06. The van der Waals surface area contributed by atoms with Crippen LogP contribution in [0.25, 0.3) is 0 Å². The number of aryl methyl sites for hydroxylation is 1. The quantitative estimate of drug-likeness (QED) is 0.401. The molecule has 0 saturated heterocycles. The normalized spacial score (nSPS) is 12.8. The topological polar surface area (TPSA) is 80.6 Å². The molecule has 1 rings (SSSR count). The van der Waals surface area contributed by atoms with E-state index in [1.54, 1.807) is 4.68 Å². The molecule has 66 valence electrons. The molecule has 0 aliphatic heterocycles. The van der Waals surface area contributed by atoms with Crippen molar-refractivity contribution in [1.82, 2.24) is 14.8 Å². The van der Waals surface area contributed by atoms with Crippen molar-refractivity contribution in [2.24, 2.45) is 12.8 Å². The highest BCUT2D eigenvalue weighted by Gasteiger charge is 2.10. The second-order valence-corrected chi connectivity index (χ2v) is 3.69. The third-order valence-electron chi connectivity index (χ3n) is 1.39. The highest BCUT2D eigenvalue weighted by molar-refractivity contribution is 8.00. The molecule has 0 aliphatic rings. The molecule has 0 radical (unpaired) electrons. The van der Waals surface area contributed by atoms with Crippen LogP contribution in [-0.4, -0.2) is 25.9 Å². The van der Waals surface area contributed by atoms with E-state index in [0.29, 0.717) is 0 Å². The molecule has 0 spiro atoms. The van der Waals surface area contributed by atoms with Gasteiger partial charge in [-0.3, -0.25) is 5.41 Å². The van der Waals surface area contributed by atoms with E-state index in [4.69, 9.17) is 11.1 Å². The summed E-state index contributed by atoms with van der Waals surface area (Å²) in [6.07, 6.45) is 1.48. The third kappa shape index (κ3) is 1.97. The minimum absolute atomic E-state index is 0.0482. The van der Waals surface area contributed by atoms with Crippen molar-refractivity contribution < 1.29 is 0 Å². The van der Waals surface area contributed by atoms with Gasteiger partial charge in [0.25, 0.3) is 0 Å². The number of rotatable bonds is 3. The first-order chi connectivity index (χ1) is 5.61.